The molecule has 4 rings (SSSR count). The number of nitrogens with one attached hydrogen (secondary N) is 4. The van der Waals surface area contributed by atoms with Gasteiger partial charge in [0.2, 0.25) is 0 Å². The van der Waals surface area contributed by atoms with Gasteiger partial charge in [0.05, 0.1) is 41.6 Å². The summed E-state index contributed by atoms with van der Waals surface area (Å²) in [5.41, 5.74) is 2.27. The predicted molar refractivity (Wildman–Crippen MR) is 122 cm³/mol. The summed E-state index contributed by atoms with van der Waals surface area (Å²) in [5.74, 6) is -1.28. The molecule has 2 amide bonds. The minimum absolute atomic E-state index is 0.0320. The summed E-state index contributed by atoms with van der Waals surface area (Å²) in [6.45, 7) is 4.40. The zero-order valence-corrected chi connectivity index (χ0v) is 18.1. The van der Waals surface area contributed by atoms with Gasteiger partial charge in [-0.25, -0.2) is 14.4 Å². The highest BCUT2D eigenvalue weighted by Gasteiger charge is 2.19. The molecule has 1 atom stereocenters. The number of halogens is 1. The average Bonchev–Trinajstić information content (AvgIpc) is 3.11. The van der Waals surface area contributed by atoms with E-state index in [0.717, 1.165) is 43.5 Å². The lowest BCUT2D eigenvalue weighted by Gasteiger charge is -2.15. The monoisotopic (exact) mass is 449 g/mol. The number of rotatable bonds is 5. The van der Waals surface area contributed by atoms with Crippen LogP contribution in [0.4, 0.5) is 15.9 Å². The molecule has 1 fully saturated rings. The number of benzene rings is 1. The van der Waals surface area contributed by atoms with E-state index in [9.17, 15) is 14.0 Å². The van der Waals surface area contributed by atoms with Gasteiger partial charge in [-0.15, -0.1) is 0 Å². The maximum Gasteiger partial charge on any atom is 0.275 e. The molecular weight excluding hydrogens is 425 g/mol. The normalized spacial score (nSPS) is 16.0. The molecule has 0 bridgehead atoms. The third-order valence-corrected chi connectivity index (χ3v) is 5.17. The highest BCUT2D eigenvalue weighted by Crippen LogP contribution is 2.20. The van der Waals surface area contributed by atoms with Crippen molar-refractivity contribution in [2.24, 2.45) is 0 Å². The Kier molecular flexibility index (Phi) is 6.96. The minimum Gasteiger partial charge on any atom is -0.320 e. The maximum absolute atomic E-state index is 13.1. The highest BCUT2D eigenvalue weighted by molar-refractivity contribution is 6.11. The smallest absolute Gasteiger partial charge is 0.275 e. The minimum atomic E-state index is -0.505. The quantitative estimate of drug-likeness (QED) is 0.472. The lowest BCUT2D eigenvalue weighted by atomic mass is 10.1. The number of aromatic nitrogens is 3. The van der Waals surface area contributed by atoms with Crippen LogP contribution in [0, 0.1) is 12.7 Å². The van der Waals surface area contributed by atoms with E-state index in [0.29, 0.717) is 5.69 Å². The molecule has 9 nitrogen and oxygen atoms in total. The topological polar surface area (TPSA) is 121 Å². The van der Waals surface area contributed by atoms with Crippen molar-refractivity contribution in [2.75, 3.05) is 30.3 Å². The Morgan fingerprint density at radius 3 is 2.64 bits per heavy atom. The molecule has 2 aromatic heterocycles. The molecule has 4 N–H and O–H groups in total. The number of hydrogen-bond donors (Lipinski definition) is 4. The summed E-state index contributed by atoms with van der Waals surface area (Å²) < 4.78 is 13.1. The SMILES string of the molecule is Cc1ccc(NC(=O)c2cnc(C3CNCCCN3)cn2)c(C(=O)Nc2ccc(F)cn2)c1. The number of hydrogen-bond acceptors (Lipinski definition) is 7. The van der Waals surface area contributed by atoms with Crippen molar-refractivity contribution < 1.29 is 14.0 Å². The fraction of sp³-hybridized carbons (Fsp3) is 0.261. The summed E-state index contributed by atoms with van der Waals surface area (Å²) in [6.07, 6.45) is 5.06. The van der Waals surface area contributed by atoms with Gasteiger partial charge < -0.3 is 21.3 Å². The van der Waals surface area contributed by atoms with Crippen LogP contribution in [0.15, 0.2) is 48.9 Å². The summed E-state index contributed by atoms with van der Waals surface area (Å²) >= 11 is 0. The lowest BCUT2D eigenvalue weighted by Crippen LogP contribution is -2.28. The van der Waals surface area contributed by atoms with Crippen molar-refractivity contribution in [2.45, 2.75) is 19.4 Å². The van der Waals surface area contributed by atoms with Gasteiger partial charge >= 0.3 is 0 Å². The predicted octanol–water partition coefficient (Wildman–Crippen LogP) is 2.45. The van der Waals surface area contributed by atoms with E-state index in [-0.39, 0.29) is 23.1 Å². The van der Waals surface area contributed by atoms with Crippen molar-refractivity contribution in [3.8, 4) is 0 Å². The van der Waals surface area contributed by atoms with Gasteiger partial charge in [0.25, 0.3) is 11.8 Å². The van der Waals surface area contributed by atoms with Gasteiger partial charge in [-0.1, -0.05) is 11.6 Å². The average molecular weight is 449 g/mol. The molecule has 1 unspecified atom stereocenters. The number of pyridine rings is 1. The molecule has 3 aromatic rings. The number of nitrogens with zero attached hydrogens (tertiary/aromatic N) is 3. The first-order chi connectivity index (χ1) is 16.0. The summed E-state index contributed by atoms with van der Waals surface area (Å²) in [4.78, 5) is 38.1. The van der Waals surface area contributed by atoms with Gasteiger partial charge in [-0.05, 0) is 50.7 Å². The van der Waals surface area contributed by atoms with Crippen molar-refractivity contribution >= 4 is 23.3 Å². The molecule has 10 heteroatoms. The first kappa shape index (κ1) is 22.4. The zero-order chi connectivity index (χ0) is 23.2. The maximum atomic E-state index is 13.1. The van der Waals surface area contributed by atoms with E-state index >= 15 is 0 Å². The van der Waals surface area contributed by atoms with Crippen LogP contribution in [0.5, 0.6) is 0 Å². The highest BCUT2D eigenvalue weighted by atomic mass is 19.1. The Labute approximate surface area is 190 Å². The summed E-state index contributed by atoms with van der Waals surface area (Å²) in [7, 11) is 0. The number of carbonyl (C=O) groups excluding carboxylic acids is 2. The van der Waals surface area contributed by atoms with Crippen molar-refractivity contribution in [1.82, 2.24) is 25.6 Å². The third-order valence-electron chi connectivity index (χ3n) is 5.17. The molecule has 3 heterocycles. The molecule has 1 aromatic carbocycles. The van der Waals surface area contributed by atoms with Crippen LogP contribution in [0.2, 0.25) is 0 Å². The standard InChI is InChI=1S/C23H24FN7O2/c1-14-3-5-17(16(9-14)22(32)31-21-6-4-15(24)10-29-21)30-23(33)20-13-27-19(12-28-20)18-11-25-7-2-8-26-18/h3-6,9-10,12-13,18,25-26H,2,7-8,11H2,1H3,(H,30,33)(H,29,31,32). The first-order valence-corrected chi connectivity index (χ1v) is 10.6. The van der Waals surface area contributed by atoms with Gasteiger partial charge in [0, 0.05) is 6.54 Å². The molecule has 0 radical (unpaired) electrons. The van der Waals surface area contributed by atoms with Crippen LogP contribution in [0.25, 0.3) is 0 Å². The molecule has 0 spiro atoms. The fourth-order valence-electron chi connectivity index (χ4n) is 3.43. The van der Waals surface area contributed by atoms with Gasteiger partial charge in [-0.3, -0.25) is 14.6 Å². The second-order valence-corrected chi connectivity index (χ2v) is 7.71. The zero-order valence-electron chi connectivity index (χ0n) is 18.1. The Balaban J connectivity index is 1.48. The Hall–Kier alpha value is -3.76. The molecule has 33 heavy (non-hydrogen) atoms. The van der Waals surface area contributed by atoms with Gasteiger partial charge in [0.1, 0.15) is 17.3 Å². The fourth-order valence-corrected chi connectivity index (χ4v) is 3.43. The van der Waals surface area contributed by atoms with E-state index in [1.165, 1.54) is 18.3 Å². The number of carbonyl (C=O) groups is 2. The second kappa shape index (κ2) is 10.2. The molecule has 170 valence electrons. The van der Waals surface area contributed by atoms with E-state index < -0.39 is 17.6 Å². The van der Waals surface area contributed by atoms with Gasteiger partial charge in [-0.2, -0.15) is 0 Å². The van der Waals surface area contributed by atoms with E-state index in [1.54, 1.807) is 24.4 Å². The van der Waals surface area contributed by atoms with E-state index in [2.05, 4.69) is 36.2 Å². The van der Waals surface area contributed by atoms with E-state index in [4.69, 9.17) is 0 Å². The molecule has 1 aliphatic heterocycles. The molecule has 0 saturated carbocycles. The van der Waals surface area contributed by atoms with Crippen molar-refractivity contribution in [3.05, 3.63) is 77.3 Å². The molecule has 1 saturated heterocycles. The van der Waals surface area contributed by atoms with Gasteiger partial charge in [0.15, 0.2) is 0 Å². The lowest BCUT2D eigenvalue weighted by molar-refractivity contribution is 0.102. The van der Waals surface area contributed by atoms with Crippen molar-refractivity contribution in [1.29, 1.82) is 0 Å². The van der Waals surface area contributed by atoms with Crippen LogP contribution >= 0.6 is 0 Å². The number of anilines is 2. The summed E-state index contributed by atoms with van der Waals surface area (Å²) in [5, 5.41) is 12.1. The Bertz CT molecular complexity index is 1130. The van der Waals surface area contributed by atoms with Crippen molar-refractivity contribution in [3.63, 3.8) is 0 Å². The molecular formula is C23H24FN7O2. The van der Waals surface area contributed by atoms with Crippen LogP contribution in [0.1, 0.15) is 44.6 Å². The number of aryl methyl sites for hydroxylation is 1. The van der Waals surface area contributed by atoms with Crippen LogP contribution in [-0.4, -0.2) is 46.4 Å². The number of amides is 2. The van der Waals surface area contributed by atoms with E-state index in [1.807, 2.05) is 6.92 Å². The second-order valence-electron chi connectivity index (χ2n) is 7.71. The molecule has 1 aliphatic rings. The summed E-state index contributed by atoms with van der Waals surface area (Å²) in [6, 6.07) is 7.66. The Morgan fingerprint density at radius 2 is 1.88 bits per heavy atom. The first-order valence-electron chi connectivity index (χ1n) is 10.6. The largest absolute Gasteiger partial charge is 0.320 e. The molecule has 0 aliphatic carbocycles. The third kappa shape index (κ3) is 5.73. The van der Waals surface area contributed by atoms with Crippen LogP contribution < -0.4 is 21.3 Å². The van der Waals surface area contributed by atoms with Crippen LogP contribution in [0.3, 0.4) is 0 Å². The Morgan fingerprint density at radius 1 is 1.00 bits per heavy atom. The van der Waals surface area contributed by atoms with Crippen LogP contribution in [-0.2, 0) is 0 Å².